The summed E-state index contributed by atoms with van der Waals surface area (Å²) in [6, 6.07) is 10.4. The van der Waals surface area contributed by atoms with Crippen molar-refractivity contribution in [1.29, 1.82) is 0 Å². The van der Waals surface area contributed by atoms with Crippen molar-refractivity contribution in [1.82, 2.24) is 4.98 Å². The van der Waals surface area contributed by atoms with E-state index in [1.54, 1.807) is 24.3 Å². The molecular weight excluding hydrogens is 472 g/mol. The van der Waals surface area contributed by atoms with Gasteiger partial charge in [0.15, 0.2) is 0 Å². The van der Waals surface area contributed by atoms with Crippen LogP contribution in [0.5, 0.6) is 5.75 Å². The number of hydrogen-bond acceptors (Lipinski definition) is 5. The number of esters is 1. The number of hydrogen-bond donors (Lipinski definition) is 2. The lowest BCUT2D eigenvalue weighted by molar-refractivity contribution is -0.153. The number of phenolic OH excluding ortho intramolecular Hbond substituents is 1. The maximum atomic E-state index is 12.8. The molecule has 0 radical (unpaired) electrons. The van der Waals surface area contributed by atoms with Gasteiger partial charge in [-0.2, -0.15) is 0 Å². The number of aromatic nitrogens is 1. The molecule has 1 aromatic heterocycles. The fourth-order valence-electron chi connectivity index (χ4n) is 8.49. The number of carbonyl (C=O) groups excluding carboxylic acids is 1. The van der Waals surface area contributed by atoms with Crippen LogP contribution >= 0.6 is 0 Å². The molecular formula is C33H40N2O3. The lowest BCUT2D eigenvalue weighted by Gasteiger charge is -2.57. The molecule has 2 saturated carbocycles. The van der Waals surface area contributed by atoms with Crippen LogP contribution in [0.1, 0.15) is 69.9 Å². The van der Waals surface area contributed by atoms with Crippen molar-refractivity contribution in [2.24, 2.45) is 34.3 Å². The Morgan fingerprint density at radius 1 is 1.08 bits per heavy atom. The van der Waals surface area contributed by atoms with Crippen LogP contribution in [0, 0.1) is 28.6 Å². The van der Waals surface area contributed by atoms with Crippen molar-refractivity contribution in [3.8, 4) is 5.75 Å². The maximum Gasteiger partial charge on any atom is 0.323 e. The van der Waals surface area contributed by atoms with Crippen LogP contribution in [0.4, 0.5) is 0 Å². The molecule has 38 heavy (non-hydrogen) atoms. The molecule has 1 aromatic carbocycles. The minimum absolute atomic E-state index is 0.0940. The van der Waals surface area contributed by atoms with E-state index in [1.807, 2.05) is 12.4 Å². The van der Waals surface area contributed by atoms with Crippen molar-refractivity contribution in [3.63, 3.8) is 0 Å². The average molecular weight is 513 g/mol. The number of ether oxygens (including phenoxy) is 1. The van der Waals surface area contributed by atoms with Gasteiger partial charge in [-0.1, -0.05) is 49.8 Å². The molecule has 5 nitrogen and oxygen atoms in total. The van der Waals surface area contributed by atoms with Crippen LogP contribution in [0.25, 0.3) is 5.57 Å². The smallest absolute Gasteiger partial charge is 0.323 e. The molecule has 0 bridgehead atoms. The fraction of sp³-hybridized carbons (Fsp3) is 0.515. The van der Waals surface area contributed by atoms with Gasteiger partial charge in [0, 0.05) is 18.8 Å². The third-order valence-corrected chi connectivity index (χ3v) is 10.6. The van der Waals surface area contributed by atoms with Gasteiger partial charge < -0.3 is 15.6 Å². The van der Waals surface area contributed by atoms with Crippen molar-refractivity contribution in [2.45, 2.75) is 77.4 Å². The van der Waals surface area contributed by atoms with Gasteiger partial charge in [0.2, 0.25) is 0 Å². The highest BCUT2D eigenvalue weighted by atomic mass is 16.5. The van der Waals surface area contributed by atoms with E-state index in [2.05, 4.69) is 43.1 Å². The van der Waals surface area contributed by atoms with Crippen LogP contribution in [-0.2, 0) is 16.0 Å². The Morgan fingerprint density at radius 2 is 1.87 bits per heavy atom. The molecule has 0 amide bonds. The van der Waals surface area contributed by atoms with E-state index >= 15 is 0 Å². The number of nitrogens with zero attached hydrogens (tertiary/aromatic N) is 1. The molecule has 0 spiro atoms. The lowest BCUT2D eigenvalue weighted by Crippen LogP contribution is -2.50. The zero-order valence-corrected chi connectivity index (χ0v) is 22.6. The van der Waals surface area contributed by atoms with Crippen LogP contribution < -0.4 is 5.73 Å². The summed E-state index contributed by atoms with van der Waals surface area (Å²) in [5, 5.41) is 9.49. The van der Waals surface area contributed by atoms with E-state index in [-0.39, 0.29) is 28.7 Å². The largest absolute Gasteiger partial charge is 0.508 e. The number of benzene rings is 1. The summed E-state index contributed by atoms with van der Waals surface area (Å²) in [5.74, 6) is 1.95. The molecule has 0 aliphatic heterocycles. The SMILES string of the molecule is C[C@]12CC[C@H](OC(=O)[C@H](N)Cc3ccc(O)cc3)CC1=CC[C@@H]1[C@@H]2CC[C@]2(C)C(c3cccnc3)=CC[C@@H]12. The van der Waals surface area contributed by atoms with Crippen LogP contribution in [0.15, 0.2) is 66.5 Å². The number of aromatic hydroxyl groups is 1. The molecule has 4 aliphatic carbocycles. The summed E-state index contributed by atoms with van der Waals surface area (Å²) in [7, 11) is 0. The lowest BCUT2D eigenvalue weighted by atomic mass is 9.47. The summed E-state index contributed by atoms with van der Waals surface area (Å²) < 4.78 is 5.96. The van der Waals surface area contributed by atoms with Gasteiger partial charge in [-0.3, -0.25) is 9.78 Å². The predicted molar refractivity (Wildman–Crippen MR) is 149 cm³/mol. The second kappa shape index (κ2) is 9.68. The van der Waals surface area contributed by atoms with Crippen LogP contribution in [0.3, 0.4) is 0 Å². The van der Waals surface area contributed by atoms with E-state index in [0.717, 1.165) is 31.2 Å². The Balaban J connectivity index is 1.12. The molecule has 0 unspecified atom stereocenters. The quantitative estimate of drug-likeness (QED) is 0.367. The topological polar surface area (TPSA) is 85.4 Å². The molecule has 2 fully saturated rings. The van der Waals surface area contributed by atoms with E-state index in [9.17, 15) is 9.90 Å². The first-order valence-electron chi connectivity index (χ1n) is 14.3. The number of allylic oxidation sites excluding steroid dienone is 3. The Morgan fingerprint density at radius 3 is 2.63 bits per heavy atom. The minimum Gasteiger partial charge on any atom is -0.508 e. The molecule has 7 atom stereocenters. The highest BCUT2D eigenvalue weighted by Gasteiger charge is 2.57. The number of carbonyl (C=O) groups is 1. The molecule has 3 N–H and O–H groups in total. The van der Waals surface area contributed by atoms with Crippen molar-refractivity contribution >= 4 is 11.5 Å². The average Bonchev–Trinajstić information content (AvgIpc) is 3.28. The van der Waals surface area contributed by atoms with Gasteiger partial charge in [-0.25, -0.2) is 0 Å². The summed E-state index contributed by atoms with van der Waals surface area (Å²) in [6.07, 6.45) is 16.8. The van der Waals surface area contributed by atoms with Crippen molar-refractivity contribution in [3.05, 3.63) is 77.6 Å². The first kappa shape index (κ1) is 25.4. The maximum absolute atomic E-state index is 12.8. The summed E-state index contributed by atoms with van der Waals surface area (Å²) in [4.78, 5) is 17.2. The van der Waals surface area contributed by atoms with E-state index in [4.69, 9.17) is 10.5 Å². The van der Waals surface area contributed by atoms with Crippen LogP contribution in [-0.4, -0.2) is 28.2 Å². The Bertz CT molecular complexity index is 1250. The third-order valence-electron chi connectivity index (χ3n) is 10.6. The fourth-order valence-corrected chi connectivity index (χ4v) is 8.49. The van der Waals surface area contributed by atoms with Gasteiger partial charge in [0.1, 0.15) is 17.9 Å². The molecule has 1 heterocycles. The number of fused-ring (bicyclic) bond motifs is 5. The zero-order valence-electron chi connectivity index (χ0n) is 22.6. The van der Waals surface area contributed by atoms with E-state index < -0.39 is 6.04 Å². The Labute approximate surface area is 226 Å². The molecule has 2 aromatic rings. The van der Waals surface area contributed by atoms with Gasteiger partial charge in [0.25, 0.3) is 0 Å². The Kier molecular flexibility index (Phi) is 6.46. The number of nitrogens with two attached hydrogens (primary N) is 1. The second-order valence-electron chi connectivity index (χ2n) is 12.6. The monoisotopic (exact) mass is 512 g/mol. The summed E-state index contributed by atoms with van der Waals surface area (Å²) in [5.41, 5.74) is 11.8. The highest BCUT2D eigenvalue weighted by Crippen LogP contribution is 2.66. The normalized spacial score (nSPS) is 34.7. The first-order chi connectivity index (χ1) is 18.3. The molecule has 200 valence electrons. The molecule has 0 saturated heterocycles. The van der Waals surface area contributed by atoms with Gasteiger partial charge in [-0.05, 0) is 108 Å². The van der Waals surface area contributed by atoms with Gasteiger partial charge in [-0.15, -0.1) is 0 Å². The number of pyridine rings is 1. The molecule has 4 aliphatic rings. The zero-order chi connectivity index (χ0) is 26.5. The Hall–Kier alpha value is -2.92. The van der Waals surface area contributed by atoms with Crippen molar-refractivity contribution in [2.75, 3.05) is 0 Å². The minimum atomic E-state index is -0.697. The number of phenols is 1. The van der Waals surface area contributed by atoms with Gasteiger partial charge in [0.05, 0.1) is 0 Å². The summed E-state index contributed by atoms with van der Waals surface area (Å²) >= 11 is 0. The highest BCUT2D eigenvalue weighted by molar-refractivity contribution is 5.76. The predicted octanol–water partition coefficient (Wildman–Crippen LogP) is 6.23. The molecule has 6 rings (SSSR count). The van der Waals surface area contributed by atoms with Gasteiger partial charge >= 0.3 is 5.97 Å². The first-order valence-corrected chi connectivity index (χ1v) is 14.3. The molecule has 5 heteroatoms. The van der Waals surface area contributed by atoms with Crippen LogP contribution in [0.2, 0.25) is 0 Å². The third kappa shape index (κ3) is 4.29. The van der Waals surface area contributed by atoms with Crippen molar-refractivity contribution < 1.29 is 14.6 Å². The van der Waals surface area contributed by atoms with E-state index in [1.165, 1.54) is 36.0 Å². The summed E-state index contributed by atoms with van der Waals surface area (Å²) in [6.45, 7) is 4.98. The van der Waals surface area contributed by atoms with E-state index in [0.29, 0.717) is 24.2 Å². The number of rotatable bonds is 5. The second-order valence-corrected chi connectivity index (χ2v) is 12.6. The standard InChI is InChI=1S/C33H40N2O3/c1-32-15-13-25(38-31(37)30(34)18-21-5-8-24(36)9-6-21)19-23(32)7-10-26-28-12-11-27(22-4-3-17-35-20-22)33(28,2)16-14-29(26)32/h3-9,11,17,20,25-26,28-30,36H,10,12-16,18-19,34H2,1-2H3/t25-,26-,28-,29-,30+,32-,33+/m0/s1.